The van der Waals surface area contributed by atoms with Gasteiger partial charge < -0.3 is 14.0 Å². The largest absolute Gasteiger partial charge is 0.489 e. The highest BCUT2D eigenvalue weighted by Gasteiger charge is 2.24. The molecule has 39 heavy (non-hydrogen) atoms. The standard InChI is InChI=1S/C30H27ClFN5O2/c31-23-5-4-22(27(32)13-23)19-39-25-3-1-2-21(12-25)20-6-9-36(10-7-20)18-30-35-28-14-24(15-33)34-16-29(28)37(30)17-26-8-11-38-26/h1-6,12-14,16,26H,7-11,17-19H2/t26-/m0/s1. The Morgan fingerprint density at radius 2 is 2.10 bits per heavy atom. The van der Waals surface area contributed by atoms with Crippen molar-refractivity contribution in [2.75, 3.05) is 19.7 Å². The Labute approximate surface area is 231 Å². The minimum atomic E-state index is -0.371. The summed E-state index contributed by atoms with van der Waals surface area (Å²) in [5.41, 5.74) is 4.92. The summed E-state index contributed by atoms with van der Waals surface area (Å²) in [5, 5.41) is 9.62. The van der Waals surface area contributed by atoms with Gasteiger partial charge in [-0.25, -0.2) is 14.4 Å². The summed E-state index contributed by atoms with van der Waals surface area (Å²) in [4.78, 5) is 11.5. The zero-order chi connectivity index (χ0) is 26.8. The van der Waals surface area contributed by atoms with E-state index in [4.69, 9.17) is 26.1 Å². The highest BCUT2D eigenvalue weighted by molar-refractivity contribution is 6.30. The van der Waals surface area contributed by atoms with Gasteiger partial charge in [0.05, 0.1) is 36.4 Å². The molecule has 2 aromatic carbocycles. The van der Waals surface area contributed by atoms with E-state index in [0.29, 0.717) is 28.6 Å². The number of imidazole rings is 1. The highest BCUT2D eigenvalue weighted by Crippen LogP contribution is 2.28. The number of fused-ring (bicyclic) bond motifs is 1. The van der Waals surface area contributed by atoms with Gasteiger partial charge in [0.15, 0.2) is 0 Å². The second-order valence-electron chi connectivity index (χ2n) is 9.86. The summed E-state index contributed by atoms with van der Waals surface area (Å²) < 4.78 is 27.9. The SMILES string of the molecule is N#Cc1cc2nc(CN3CC=C(c4cccc(OCc5ccc(Cl)cc5F)c4)CC3)n(C[C@@H]3CCO3)c2cn1. The molecule has 1 fully saturated rings. The molecule has 6 rings (SSSR count). The van der Waals surface area contributed by atoms with Gasteiger partial charge in [0.2, 0.25) is 0 Å². The maximum Gasteiger partial charge on any atom is 0.142 e. The summed E-state index contributed by atoms with van der Waals surface area (Å²) in [6.07, 6.45) is 6.11. The fourth-order valence-corrected chi connectivity index (χ4v) is 5.15. The molecule has 4 aromatic rings. The summed E-state index contributed by atoms with van der Waals surface area (Å²) in [5.74, 6) is 1.28. The van der Waals surface area contributed by atoms with Gasteiger partial charge >= 0.3 is 0 Å². The van der Waals surface area contributed by atoms with Gasteiger partial charge in [0, 0.05) is 36.3 Å². The molecule has 0 radical (unpaired) electrons. The Morgan fingerprint density at radius 1 is 1.21 bits per heavy atom. The third-order valence-electron chi connectivity index (χ3n) is 7.28. The first-order valence-electron chi connectivity index (χ1n) is 13.0. The van der Waals surface area contributed by atoms with Gasteiger partial charge in [-0.2, -0.15) is 5.26 Å². The molecule has 2 aromatic heterocycles. The Morgan fingerprint density at radius 3 is 2.85 bits per heavy atom. The van der Waals surface area contributed by atoms with E-state index >= 15 is 0 Å². The van der Waals surface area contributed by atoms with Crippen molar-refractivity contribution in [3.8, 4) is 11.8 Å². The van der Waals surface area contributed by atoms with E-state index in [9.17, 15) is 9.65 Å². The Kier molecular flexibility index (Phi) is 7.29. The molecule has 0 saturated carbocycles. The smallest absolute Gasteiger partial charge is 0.142 e. The van der Waals surface area contributed by atoms with Crippen LogP contribution in [0.5, 0.6) is 5.75 Å². The van der Waals surface area contributed by atoms with Crippen LogP contribution in [0.15, 0.2) is 60.8 Å². The van der Waals surface area contributed by atoms with Crippen LogP contribution in [0.2, 0.25) is 5.02 Å². The molecule has 0 aliphatic carbocycles. The van der Waals surface area contributed by atoms with Gasteiger partial charge in [-0.1, -0.05) is 35.9 Å². The van der Waals surface area contributed by atoms with Gasteiger partial charge in [-0.15, -0.1) is 0 Å². The zero-order valence-corrected chi connectivity index (χ0v) is 22.1. The molecule has 7 nitrogen and oxygen atoms in total. The van der Waals surface area contributed by atoms with Crippen LogP contribution in [0.3, 0.4) is 0 Å². The highest BCUT2D eigenvalue weighted by atomic mass is 35.5. The molecule has 9 heteroatoms. The number of ether oxygens (including phenoxy) is 2. The maximum absolute atomic E-state index is 14.1. The molecule has 1 saturated heterocycles. The molecule has 4 heterocycles. The first-order valence-corrected chi connectivity index (χ1v) is 13.4. The Bertz CT molecular complexity index is 1590. The van der Waals surface area contributed by atoms with Gasteiger partial charge in [0.1, 0.15) is 35.8 Å². The maximum atomic E-state index is 14.1. The lowest BCUT2D eigenvalue weighted by atomic mass is 9.99. The number of rotatable bonds is 8. The van der Waals surface area contributed by atoms with Crippen molar-refractivity contribution in [3.63, 3.8) is 0 Å². The van der Waals surface area contributed by atoms with E-state index in [0.717, 1.165) is 61.5 Å². The number of hydrogen-bond donors (Lipinski definition) is 0. The van der Waals surface area contributed by atoms with Crippen LogP contribution in [-0.2, 0) is 24.4 Å². The predicted octanol–water partition coefficient (Wildman–Crippen LogP) is 5.75. The van der Waals surface area contributed by atoms with E-state index in [-0.39, 0.29) is 18.5 Å². The van der Waals surface area contributed by atoms with E-state index in [2.05, 4.69) is 32.7 Å². The molecule has 0 bridgehead atoms. The van der Waals surface area contributed by atoms with Crippen molar-refractivity contribution in [3.05, 3.63) is 94.3 Å². The van der Waals surface area contributed by atoms with Crippen LogP contribution in [0, 0.1) is 17.1 Å². The van der Waals surface area contributed by atoms with Gasteiger partial charge in [-0.05, 0) is 48.2 Å². The lowest BCUT2D eigenvalue weighted by molar-refractivity contribution is -0.0591. The van der Waals surface area contributed by atoms with Crippen molar-refractivity contribution in [2.45, 2.75) is 38.6 Å². The average molecular weight is 544 g/mol. The van der Waals surface area contributed by atoms with Crippen molar-refractivity contribution >= 4 is 28.2 Å². The minimum Gasteiger partial charge on any atom is -0.489 e. The predicted molar refractivity (Wildman–Crippen MR) is 147 cm³/mol. The molecule has 0 spiro atoms. The van der Waals surface area contributed by atoms with E-state index < -0.39 is 0 Å². The summed E-state index contributed by atoms with van der Waals surface area (Å²) in [6.45, 7) is 4.05. The first kappa shape index (κ1) is 25.5. The molecular formula is C30H27ClFN5O2. The number of nitriles is 1. The second-order valence-corrected chi connectivity index (χ2v) is 10.3. The lowest BCUT2D eigenvalue weighted by Crippen LogP contribution is -2.33. The fraction of sp³-hybridized carbons (Fsp3) is 0.300. The van der Waals surface area contributed by atoms with Crippen LogP contribution in [0.25, 0.3) is 16.6 Å². The molecule has 1 atom stereocenters. The second kappa shape index (κ2) is 11.1. The number of nitrogens with zero attached hydrogens (tertiary/aromatic N) is 5. The van der Waals surface area contributed by atoms with Crippen LogP contribution < -0.4 is 4.74 Å². The van der Waals surface area contributed by atoms with Crippen molar-refractivity contribution in [1.29, 1.82) is 5.26 Å². The number of hydrogen-bond acceptors (Lipinski definition) is 6. The van der Waals surface area contributed by atoms with Crippen molar-refractivity contribution in [1.82, 2.24) is 19.4 Å². The number of benzene rings is 2. The third-order valence-corrected chi connectivity index (χ3v) is 7.52. The average Bonchev–Trinajstić information content (AvgIpc) is 3.26. The van der Waals surface area contributed by atoms with Crippen LogP contribution in [-0.4, -0.2) is 45.2 Å². The van der Waals surface area contributed by atoms with Gasteiger partial charge in [-0.3, -0.25) is 4.90 Å². The summed E-state index contributed by atoms with van der Waals surface area (Å²) in [6, 6.07) is 16.4. The molecular weight excluding hydrogens is 517 g/mol. The van der Waals surface area contributed by atoms with E-state index in [1.807, 2.05) is 18.2 Å². The van der Waals surface area contributed by atoms with Crippen molar-refractivity contribution in [2.24, 2.45) is 0 Å². The van der Waals surface area contributed by atoms with Crippen LogP contribution >= 0.6 is 11.6 Å². The first-order chi connectivity index (χ1) is 19.1. The lowest BCUT2D eigenvalue weighted by Gasteiger charge is -2.29. The monoisotopic (exact) mass is 543 g/mol. The van der Waals surface area contributed by atoms with Crippen LogP contribution in [0.4, 0.5) is 4.39 Å². The summed E-state index contributed by atoms with van der Waals surface area (Å²) >= 11 is 5.85. The molecule has 0 unspecified atom stereocenters. The number of aromatic nitrogens is 3. The topological polar surface area (TPSA) is 76.2 Å². The van der Waals surface area contributed by atoms with Gasteiger partial charge in [0.25, 0.3) is 0 Å². The number of halogens is 2. The van der Waals surface area contributed by atoms with Crippen LogP contribution in [0.1, 0.15) is 35.5 Å². The Hall–Kier alpha value is -3.77. The zero-order valence-electron chi connectivity index (χ0n) is 21.3. The molecule has 2 aliphatic heterocycles. The van der Waals surface area contributed by atoms with Crippen molar-refractivity contribution < 1.29 is 13.9 Å². The summed E-state index contributed by atoms with van der Waals surface area (Å²) in [7, 11) is 0. The minimum absolute atomic E-state index is 0.136. The molecule has 2 aliphatic rings. The van der Waals surface area contributed by atoms with E-state index in [1.54, 1.807) is 24.4 Å². The molecule has 0 N–H and O–H groups in total. The quantitative estimate of drug-likeness (QED) is 0.281. The third kappa shape index (κ3) is 5.66. The fourth-order valence-electron chi connectivity index (χ4n) is 4.99. The molecule has 0 amide bonds. The number of pyridine rings is 1. The molecule has 198 valence electrons. The normalized spacial score (nSPS) is 17.5. The van der Waals surface area contributed by atoms with E-state index in [1.165, 1.54) is 11.6 Å². The Balaban J connectivity index is 1.14.